The lowest BCUT2D eigenvalue weighted by molar-refractivity contribution is 0.312. The third-order valence-electron chi connectivity index (χ3n) is 4.33. The van der Waals surface area contributed by atoms with E-state index in [1.165, 1.54) is 11.3 Å². The number of anilines is 3. The molecule has 0 radical (unpaired) electrons. The molecule has 0 aliphatic carbocycles. The summed E-state index contributed by atoms with van der Waals surface area (Å²) in [5, 5.41) is 13.4. The number of rotatable bonds is 4. The van der Waals surface area contributed by atoms with Crippen LogP contribution in [0.5, 0.6) is 0 Å². The molecule has 1 saturated heterocycles. The molecule has 0 spiro atoms. The highest BCUT2D eigenvalue weighted by Crippen LogP contribution is 2.28. The number of piperazine rings is 1. The van der Waals surface area contributed by atoms with Gasteiger partial charge in [-0.1, -0.05) is 41.7 Å². The molecule has 3 aromatic rings. The second-order valence-electron chi connectivity index (χ2n) is 6.35. The van der Waals surface area contributed by atoms with E-state index in [1.54, 1.807) is 0 Å². The fraction of sp³-hybridized carbons (Fsp3) is 0.333. The van der Waals surface area contributed by atoms with Gasteiger partial charge in [-0.3, -0.25) is 0 Å². The van der Waals surface area contributed by atoms with E-state index in [1.807, 2.05) is 43.3 Å². The zero-order valence-corrected chi connectivity index (χ0v) is 15.7. The van der Waals surface area contributed by atoms with Gasteiger partial charge in [0.05, 0.1) is 0 Å². The number of hydrogen-bond acceptors (Lipinski definition) is 8. The minimum Gasteiger partial charge on any atom is -0.354 e. The second-order valence-corrected chi connectivity index (χ2v) is 7.33. The number of aryl methyl sites for hydroxylation is 1. The Hall–Kier alpha value is -2.58. The van der Waals surface area contributed by atoms with Crippen LogP contribution in [0.3, 0.4) is 0 Å². The Morgan fingerprint density at radius 3 is 2.54 bits per heavy atom. The first-order valence-corrected chi connectivity index (χ1v) is 9.44. The molecule has 1 fully saturated rings. The van der Waals surface area contributed by atoms with E-state index in [4.69, 9.17) is 0 Å². The lowest BCUT2D eigenvalue weighted by Gasteiger charge is -2.33. The fourth-order valence-corrected chi connectivity index (χ4v) is 3.65. The Bertz CT molecular complexity index is 872. The minimum absolute atomic E-state index is 0.728. The molecular weight excluding hydrogens is 346 g/mol. The maximum absolute atomic E-state index is 4.60. The van der Waals surface area contributed by atoms with Crippen LogP contribution in [0.2, 0.25) is 0 Å². The predicted octanol–water partition coefficient (Wildman–Crippen LogP) is 2.80. The van der Waals surface area contributed by atoms with Gasteiger partial charge in [0.15, 0.2) is 0 Å². The highest BCUT2D eigenvalue weighted by Gasteiger charge is 2.17. The van der Waals surface area contributed by atoms with E-state index in [9.17, 15) is 0 Å². The molecule has 8 heteroatoms. The van der Waals surface area contributed by atoms with Crippen LogP contribution >= 0.6 is 11.3 Å². The van der Waals surface area contributed by atoms with E-state index in [-0.39, 0.29) is 0 Å². The van der Waals surface area contributed by atoms with Gasteiger partial charge >= 0.3 is 0 Å². The van der Waals surface area contributed by atoms with Crippen molar-refractivity contribution >= 4 is 28.1 Å². The predicted molar refractivity (Wildman–Crippen MR) is 105 cm³/mol. The Balaban J connectivity index is 1.52. The van der Waals surface area contributed by atoms with Crippen LogP contribution in [-0.4, -0.2) is 58.3 Å². The standard InChI is InChI=1S/C18H21N7S/c1-13-19-15(12-16(20-13)25-10-8-24(2)9-11-25)21-18-23-22-17(26-18)14-6-4-3-5-7-14/h3-7,12H,8-11H2,1-2H3,(H,19,20,21,23). The summed E-state index contributed by atoms with van der Waals surface area (Å²) in [6.45, 7) is 5.96. The first kappa shape index (κ1) is 16.9. The number of hydrogen-bond donors (Lipinski definition) is 1. The van der Waals surface area contributed by atoms with Crippen molar-refractivity contribution in [2.24, 2.45) is 0 Å². The normalized spacial score (nSPS) is 15.2. The van der Waals surface area contributed by atoms with Crippen molar-refractivity contribution in [1.82, 2.24) is 25.1 Å². The van der Waals surface area contributed by atoms with E-state index >= 15 is 0 Å². The first-order valence-electron chi connectivity index (χ1n) is 8.62. The van der Waals surface area contributed by atoms with Gasteiger partial charge in [-0.2, -0.15) is 0 Å². The van der Waals surface area contributed by atoms with E-state index < -0.39 is 0 Å². The van der Waals surface area contributed by atoms with Gasteiger partial charge in [0, 0.05) is 37.8 Å². The van der Waals surface area contributed by atoms with E-state index in [0.29, 0.717) is 0 Å². The van der Waals surface area contributed by atoms with Crippen LogP contribution in [0.25, 0.3) is 10.6 Å². The lowest BCUT2D eigenvalue weighted by Crippen LogP contribution is -2.44. The average molecular weight is 367 g/mol. The van der Waals surface area contributed by atoms with Crippen LogP contribution in [0.1, 0.15) is 5.82 Å². The third-order valence-corrected chi connectivity index (χ3v) is 5.22. The highest BCUT2D eigenvalue weighted by atomic mass is 32.1. The SMILES string of the molecule is Cc1nc(Nc2nnc(-c3ccccc3)s2)cc(N2CCN(C)CC2)n1. The zero-order valence-electron chi connectivity index (χ0n) is 14.9. The summed E-state index contributed by atoms with van der Waals surface area (Å²) in [5.41, 5.74) is 1.06. The number of nitrogens with zero attached hydrogens (tertiary/aromatic N) is 6. The van der Waals surface area contributed by atoms with Crippen molar-refractivity contribution in [2.75, 3.05) is 43.4 Å². The molecule has 4 rings (SSSR count). The molecule has 0 saturated carbocycles. The van der Waals surface area contributed by atoms with Crippen molar-refractivity contribution in [3.05, 3.63) is 42.2 Å². The van der Waals surface area contributed by atoms with Gasteiger partial charge in [-0.05, 0) is 14.0 Å². The van der Waals surface area contributed by atoms with E-state index in [0.717, 1.165) is 59.3 Å². The molecule has 134 valence electrons. The molecular formula is C18H21N7S. The van der Waals surface area contributed by atoms with Crippen molar-refractivity contribution < 1.29 is 0 Å². The number of aromatic nitrogens is 4. The summed E-state index contributed by atoms with van der Waals surface area (Å²) in [6.07, 6.45) is 0. The fourth-order valence-electron chi connectivity index (χ4n) is 2.89. The smallest absolute Gasteiger partial charge is 0.211 e. The summed E-state index contributed by atoms with van der Waals surface area (Å²) < 4.78 is 0. The topological polar surface area (TPSA) is 70.1 Å². The molecule has 0 amide bonds. The van der Waals surface area contributed by atoms with Crippen LogP contribution in [-0.2, 0) is 0 Å². The molecule has 2 aromatic heterocycles. The van der Waals surface area contributed by atoms with Crippen LogP contribution < -0.4 is 10.2 Å². The average Bonchev–Trinajstić information content (AvgIpc) is 3.11. The molecule has 26 heavy (non-hydrogen) atoms. The summed E-state index contributed by atoms with van der Waals surface area (Å²) in [5.74, 6) is 2.46. The largest absolute Gasteiger partial charge is 0.354 e. The molecule has 1 aliphatic rings. The number of benzene rings is 1. The molecule has 3 heterocycles. The molecule has 0 atom stereocenters. The minimum atomic E-state index is 0.728. The number of likely N-dealkylation sites (N-methyl/N-ethyl adjacent to an activating group) is 1. The van der Waals surface area contributed by atoms with Gasteiger partial charge in [0.25, 0.3) is 0 Å². The first-order chi connectivity index (χ1) is 12.7. The Kier molecular flexibility index (Phi) is 4.77. The molecule has 1 aliphatic heterocycles. The van der Waals surface area contributed by atoms with Gasteiger partial charge in [-0.15, -0.1) is 10.2 Å². The Labute approximate surface area is 156 Å². The third kappa shape index (κ3) is 3.81. The Morgan fingerprint density at radius 2 is 1.77 bits per heavy atom. The summed E-state index contributed by atoms with van der Waals surface area (Å²) in [4.78, 5) is 13.7. The summed E-state index contributed by atoms with van der Waals surface area (Å²) >= 11 is 1.51. The second kappa shape index (κ2) is 7.35. The van der Waals surface area contributed by atoms with Crippen molar-refractivity contribution in [3.8, 4) is 10.6 Å². The maximum Gasteiger partial charge on any atom is 0.211 e. The number of nitrogens with one attached hydrogen (secondary N) is 1. The molecule has 1 N–H and O–H groups in total. The lowest BCUT2D eigenvalue weighted by atomic mass is 10.2. The molecule has 0 unspecified atom stereocenters. The Morgan fingerprint density at radius 1 is 1.00 bits per heavy atom. The van der Waals surface area contributed by atoms with Crippen molar-refractivity contribution in [2.45, 2.75) is 6.92 Å². The molecule has 7 nitrogen and oxygen atoms in total. The monoisotopic (exact) mass is 367 g/mol. The van der Waals surface area contributed by atoms with Gasteiger partial charge in [0.1, 0.15) is 22.5 Å². The van der Waals surface area contributed by atoms with E-state index in [2.05, 4.69) is 42.3 Å². The molecule has 0 bridgehead atoms. The maximum atomic E-state index is 4.60. The van der Waals surface area contributed by atoms with Gasteiger partial charge in [-0.25, -0.2) is 9.97 Å². The summed E-state index contributed by atoms with van der Waals surface area (Å²) in [6, 6.07) is 12.0. The zero-order chi connectivity index (χ0) is 17.9. The van der Waals surface area contributed by atoms with Crippen molar-refractivity contribution in [1.29, 1.82) is 0 Å². The summed E-state index contributed by atoms with van der Waals surface area (Å²) in [7, 11) is 2.15. The van der Waals surface area contributed by atoms with Gasteiger partial charge in [0.2, 0.25) is 5.13 Å². The highest BCUT2D eigenvalue weighted by molar-refractivity contribution is 7.18. The van der Waals surface area contributed by atoms with Crippen molar-refractivity contribution in [3.63, 3.8) is 0 Å². The molecule has 1 aromatic carbocycles. The van der Waals surface area contributed by atoms with Gasteiger partial charge < -0.3 is 15.1 Å². The van der Waals surface area contributed by atoms with Crippen LogP contribution in [0, 0.1) is 6.92 Å². The van der Waals surface area contributed by atoms with Crippen LogP contribution in [0.15, 0.2) is 36.4 Å². The quantitative estimate of drug-likeness (QED) is 0.760. The van der Waals surface area contributed by atoms with Crippen LogP contribution in [0.4, 0.5) is 16.8 Å².